The average molecular weight is 575 g/mol. The molecule has 1 amide bonds. The number of hydrogen-bond donors (Lipinski definition) is 1. The van der Waals surface area contributed by atoms with Gasteiger partial charge in [0.25, 0.3) is 0 Å². The number of ether oxygens (including phenoxy) is 1. The molecule has 3 atom stereocenters. The fourth-order valence-corrected chi connectivity index (χ4v) is 7.36. The molecule has 5 rings (SSSR count). The molecule has 1 N–H and O–H groups in total. The van der Waals surface area contributed by atoms with Crippen molar-refractivity contribution < 1.29 is 19.4 Å². The Morgan fingerprint density at radius 3 is 2.10 bits per heavy atom. The van der Waals surface area contributed by atoms with E-state index in [9.17, 15) is 14.7 Å². The lowest BCUT2D eigenvalue weighted by molar-refractivity contribution is -0.146. The molecule has 0 radical (unpaired) electrons. The Balaban J connectivity index is 0.000000600. The molecular weight excluding hydrogens is 524 g/mol. The van der Waals surface area contributed by atoms with Crippen molar-refractivity contribution in [1.82, 2.24) is 9.80 Å². The summed E-state index contributed by atoms with van der Waals surface area (Å²) in [5, 5.41) is 10.0. The van der Waals surface area contributed by atoms with E-state index in [2.05, 4.69) is 11.5 Å². The Labute approximate surface area is 252 Å². The number of piperidine rings is 1. The normalized spacial score (nSPS) is 22.4. The van der Waals surface area contributed by atoms with E-state index in [1.165, 1.54) is 19.3 Å². The highest BCUT2D eigenvalue weighted by molar-refractivity contribution is 5.71. The van der Waals surface area contributed by atoms with Gasteiger partial charge in [0.15, 0.2) is 0 Å². The molecule has 0 bridgehead atoms. The van der Waals surface area contributed by atoms with Crippen LogP contribution in [-0.4, -0.2) is 59.2 Å². The van der Waals surface area contributed by atoms with Crippen molar-refractivity contribution in [3.63, 3.8) is 0 Å². The van der Waals surface area contributed by atoms with E-state index in [4.69, 9.17) is 4.74 Å². The van der Waals surface area contributed by atoms with Crippen LogP contribution in [0.15, 0.2) is 79.4 Å². The summed E-state index contributed by atoms with van der Waals surface area (Å²) in [5.41, 5.74) is 0.989. The zero-order chi connectivity index (χ0) is 29.6. The van der Waals surface area contributed by atoms with E-state index in [-0.39, 0.29) is 24.7 Å². The monoisotopic (exact) mass is 574 g/mol. The molecule has 6 heteroatoms. The zero-order valence-corrected chi connectivity index (χ0v) is 25.2. The molecule has 1 heterocycles. The van der Waals surface area contributed by atoms with Crippen LogP contribution in [-0.2, 0) is 16.1 Å². The summed E-state index contributed by atoms with van der Waals surface area (Å²) in [6, 6.07) is 21.9. The van der Waals surface area contributed by atoms with E-state index in [1.807, 2.05) is 71.6 Å². The van der Waals surface area contributed by atoms with Crippen molar-refractivity contribution in [2.45, 2.75) is 76.9 Å². The third kappa shape index (κ3) is 9.72. The first-order valence-corrected chi connectivity index (χ1v) is 16.1. The summed E-state index contributed by atoms with van der Waals surface area (Å²) in [7, 11) is 0. The van der Waals surface area contributed by atoms with Crippen LogP contribution in [0.4, 0.5) is 4.79 Å². The molecular formula is C36H50N2O4. The van der Waals surface area contributed by atoms with Crippen LogP contribution in [0.5, 0.6) is 0 Å². The lowest BCUT2D eigenvalue weighted by Gasteiger charge is -2.38. The predicted molar refractivity (Wildman–Crippen MR) is 168 cm³/mol. The van der Waals surface area contributed by atoms with Gasteiger partial charge in [-0.25, -0.2) is 4.79 Å². The van der Waals surface area contributed by atoms with Crippen LogP contribution in [0.1, 0.15) is 69.8 Å². The molecule has 3 aliphatic rings. The van der Waals surface area contributed by atoms with Gasteiger partial charge in [-0.05, 0) is 68.3 Å². The van der Waals surface area contributed by atoms with E-state index in [0.717, 1.165) is 70.1 Å². The second kappa shape index (κ2) is 17.1. The highest BCUT2D eigenvalue weighted by atomic mass is 16.6. The fourth-order valence-electron chi connectivity index (χ4n) is 7.36. The maximum Gasteiger partial charge on any atom is 0.410 e. The Morgan fingerprint density at radius 2 is 1.50 bits per heavy atom. The van der Waals surface area contributed by atoms with Gasteiger partial charge in [0, 0.05) is 32.2 Å². The van der Waals surface area contributed by atoms with Crippen LogP contribution in [0, 0.1) is 23.7 Å². The van der Waals surface area contributed by atoms with E-state index in [0.29, 0.717) is 24.3 Å². The average Bonchev–Trinajstić information content (AvgIpc) is 3.48. The van der Waals surface area contributed by atoms with Crippen molar-refractivity contribution in [1.29, 1.82) is 0 Å². The van der Waals surface area contributed by atoms with Crippen LogP contribution in [0.25, 0.3) is 0 Å². The molecule has 0 spiro atoms. The number of hydrogen-bond acceptors (Lipinski definition) is 4. The van der Waals surface area contributed by atoms with E-state index >= 15 is 0 Å². The quantitative estimate of drug-likeness (QED) is 0.295. The number of carbonyl (C=O) groups is 2. The molecule has 2 aromatic rings. The summed E-state index contributed by atoms with van der Waals surface area (Å²) in [6.45, 7) is 7.62. The van der Waals surface area contributed by atoms with Gasteiger partial charge < -0.3 is 19.6 Å². The maximum absolute atomic E-state index is 12.8. The number of rotatable bonds is 10. The zero-order valence-electron chi connectivity index (χ0n) is 25.2. The lowest BCUT2D eigenvalue weighted by atomic mass is 9.73. The Bertz CT molecular complexity index is 1040. The third-order valence-electron chi connectivity index (χ3n) is 9.48. The van der Waals surface area contributed by atoms with Gasteiger partial charge in [-0.1, -0.05) is 92.1 Å². The first kappa shape index (κ1) is 31.8. The maximum atomic E-state index is 12.8. The van der Waals surface area contributed by atoms with E-state index < -0.39 is 5.97 Å². The van der Waals surface area contributed by atoms with Crippen molar-refractivity contribution >= 4 is 12.1 Å². The number of carboxylic acids is 1. The molecule has 42 heavy (non-hydrogen) atoms. The number of benzene rings is 2. The van der Waals surface area contributed by atoms with Crippen LogP contribution in [0.3, 0.4) is 0 Å². The number of likely N-dealkylation sites (tertiary alicyclic amines) is 1. The summed E-state index contributed by atoms with van der Waals surface area (Å²) >= 11 is 0. The SMILES string of the molecule is C=CCN(C(=O)OCc1ccccc1)C1CCN(CC2CCC(C(C(=O)O)C3CCCCC3)C2)CC1.c1ccccc1. The number of aliphatic carboxylic acids is 1. The fraction of sp³-hybridized carbons (Fsp3) is 0.556. The number of carbonyl (C=O) groups excluding carboxylic acids is 1. The van der Waals surface area contributed by atoms with Crippen LogP contribution >= 0.6 is 0 Å². The molecule has 2 saturated carbocycles. The molecule has 6 nitrogen and oxygen atoms in total. The first-order chi connectivity index (χ1) is 20.5. The standard InChI is InChI=1S/C30H44N2O4.C6H6/c1-2-17-32(30(35)36-22-23-9-5-3-6-10-23)27-15-18-31(19-16-27)21-24-13-14-26(20-24)28(29(33)34)25-11-7-4-8-12-25;1-2-4-6-5-3-1/h2-3,5-6,9-10,24-28H,1,4,7-8,11-22H2,(H,33,34);1-6H. The molecule has 2 aliphatic carbocycles. The van der Waals surface area contributed by atoms with Crippen LogP contribution in [0.2, 0.25) is 0 Å². The summed E-state index contributed by atoms with van der Waals surface area (Å²) < 4.78 is 5.61. The summed E-state index contributed by atoms with van der Waals surface area (Å²) in [4.78, 5) is 29.4. The van der Waals surface area contributed by atoms with Gasteiger partial charge in [0.05, 0.1) is 5.92 Å². The van der Waals surface area contributed by atoms with Crippen molar-refractivity contribution in [3.8, 4) is 0 Å². The number of carboxylic acid groups (broad SMARTS) is 1. The number of amides is 1. The largest absolute Gasteiger partial charge is 0.481 e. The number of nitrogens with zero attached hydrogens (tertiary/aromatic N) is 2. The van der Waals surface area contributed by atoms with Gasteiger partial charge >= 0.3 is 12.1 Å². The van der Waals surface area contributed by atoms with Crippen molar-refractivity contribution in [2.75, 3.05) is 26.2 Å². The second-order valence-electron chi connectivity index (χ2n) is 12.4. The molecule has 1 saturated heterocycles. The van der Waals surface area contributed by atoms with Crippen molar-refractivity contribution in [2.24, 2.45) is 23.7 Å². The highest BCUT2D eigenvalue weighted by Crippen LogP contribution is 2.43. The minimum atomic E-state index is -0.560. The molecule has 228 valence electrons. The third-order valence-corrected chi connectivity index (χ3v) is 9.48. The smallest absolute Gasteiger partial charge is 0.410 e. The van der Waals surface area contributed by atoms with E-state index in [1.54, 1.807) is 6.08 Å². The lowest BCUT2D eigenvalue weighted by Crippen LogP contribution is -2.48. The Hall–Kier alpha value is -3.12. The molecule has 0 aromatic heterocycles. The minimum absolute atomic E-state index is 0.143. The molecule has 3 fully saturated rings. The minimum Gasteiger partial charge on any atom is -0.481 e. The molecule has 2 aromatic carbocycles. The molecule has 1 aliphatic heterocycles. The van der Waals surface area contributed by atoms with Crippen LogP contribution < -0.4 is 0 Å². The van der Waals surface area contributed by atoms with Gasteiger partial charge in [0.2, 0.25) is 0 Å². The van der Waals surface area contributed by atoms with Gasteiger partial charge in [-0.15, -0.1) is 6.58 Å². The predicted octanol–water partition coefficient (Wildman–Crippen LogP) is 7.66. The highest BCUT2D eigenvalue weighted by Gasteiger charge is 2.40. The van der Waals surface area contributed by atoms with Gasteiger partial charge in [0.1, 0.15) is 6.61 Å². The summed E-state index contributed by atoms with van der Waals surface area (Å²) in [5.74, 6) is 0.617. The van der Waals surface area contributed by atoms with Gasteiger partial charge in [-0.2, -0.15) is 0 Å². The van der Waals surface area contributed by atoms with Crippen molar-refractivity contribution in [3.05, 3.63) is 84.9 Å². The summed E-state index contributed by atoms with van der Waals surface area (Å²) in [6.07, 6.45) is 12.5. The Kier molecular flexibility index (Phi) is 13.0. The molecule has 3 unspecified atom stereocenters. The Morgan fingerprint density at radius 1 is 0.881 bits per heavy atom. The first-order valence-electron chi connectivity index (χ1n) is 16.1. The van der Waals surface area contributed by atoms with Gasteiger partial charge in [-0.3, -0.25) is 4.79 Å². The second-order valence-corrected chi connectivity index (χ2v) is 12.4. The topological polar surface area (TPSA) is 70.1 Å².